The molecule has 0 radical (unpaired) electrons. The Labute approximate surface area is 632 Å². The van der Waals surface area contributed by atoms with E-state index in [1.165, 1.54) is 316 Å². The Morgan fingerprint density at radius 2 is 0.592 bits per heavy atom. The molecule has 0 amide bonds. The molecule has 14 heteroatoms. The molecule has 2 aliphatic heterocycles. The Morgan fingerprint density at radius 3 is 0.951 bits per heavy atom. The maximum absolute atomic E-state index is 13.5. The normalized spacial score (nSPS) is 20.6. The van der Waals surface area contributed by atoms with Crippen molar-refractivity contribution in [2.75, 3.05) is 39.6 Å². The summed E-state index contributed by atoms with van der Waals surface area (Å²) in [7, 11) is 0. The highest BCUT2D eigenvalue weighted by Crippen LogP contribution is 2.37. The fourth-order valence-corrected chi connectivity index (χ4v) is 14.9. The Balaban J connectivity index is 1.98. The summed E-state index contributed by atoms with van der Waals surface area (Å²) in [6.45, 7) is 15.0. The molecule has 0 aromatic heterocycles. The lowest BCUT2D eigenvalue weighted by atomic mass is 9.95. The van der Waals surface area contributed by atoms with E-state index in [-0.39, 0.29) is 19.8 Å². The molecule has 14 nitrogen and oxygen atoms in total. The Hall–Kier alpha value is -2.69. The van der Waals surface area contributed by atoms with Gasteiger partial charge >= 0.3 is 17.9 Å². The summed E-state index contributed by atoms with van der Waals surface area (Å²) in [5, 5.41) is 0. The van der Waals surface area contributed by atoms with Crippen LogP contribution in [0.3, 0.4) is 0 Å². The molecule has 0 spiro atoms. The van der Waals surface area contributed by atoms with Gasteiger partial charge in [0.25, 0.3) is 0 Å². The van der Waals surface area contributed by atoms with E-state index in [2.05, 4.69) is 27.7 Å². The third-order valence-corrected chi connectivity index (χ3v) is 21.1. The standard InChI is InChI=1S/C89H162O14/c1-8-12-16-20-24-28-32-36-40-44-48-52-56-63-69-93-74-80-83(103-89-87(100-78(7)92)85(98-73-79-67-61-60-62-68-79)82(99-77(6)91)81(102-89)75-97-76(5)90)84(94-70-64-57-53-49-45-41-37-33-29-25-21-17-13-9-2)86(95-71-65-58-54-50-46-42-38-34-30-26-22-18-14-10-3)88(101-80)96-72-66-59-55-51-47-43-39-35-31-27-23-19-15-11-4/h60-62,67-68,80-89H,8-59,63-66,69-75H2,1-7H3/t80-,81-,82-,83-,84+,85+,86-,87-,88?,89+/m1/s1. The van der Waals surface area contributed by atoms with Gasteiger partial charge in [-0.2, -0.15) is 0 Å². The third kappa shape index (κ3) is 50.6. The summed E-state index contributed by atoms with van der Waals surface area (Å²) in [6.07, 6.45) is 60.7. The zero-order chi connectivity index (χ0) is 73.9. The van der Waals surface area contributed by atoms with Gasteiger partial charge < -0.3 is 52.1 Å². The molecular weight excluding hydrogens is 1290 g/mol. The average Bonchev–Trinajstić information content (AvgIpc) is 0.770. The number of hydrogen-bond donors (Lipinski definition) is 0. The van der Waals surface area contributed by atoms with Gasteiger partial charge in [0.05, 0.1) is 13.2 Å². The highest BCUT2D eigenvalue weighted by molar-refractivity contribution is 5.67. The number of carbonyl (C=O) groups is 3. The van der Waals surface area contributed by atoms with Crippen molar-refractivity contribution in [2.24, 2.45) is 0 Å². The lowest BCUT2D eigenvalue weighted by Crippen LogP contribution is -2.67. The number of unbranched alkanes of at least 4 members (excludes halogenated alkanes) is 52. The van der Waals surface area contributed by atoms with Crippen LogP contribution in [0.15, 0.2) is 30.3 Å². The van der Waals surface area contributed by atoms with Gasteiger partial charge in [0.1, 0.15) is 43.2 Å². The minimum absolute atomic E-state index is 0.0781. The maximum Gasteiger partial charge on any atom is 0.303 e. The van der Waals surface area contributed by atoms with Crippen molar-refractivity contribution in [2.45, 2.75) is 476 Å². The van der Waals surface area contributed by atoms with Crippen molar-refractivity contribution in [3.05, 3.63) is 35.9 Å². The highest BCUT2D eigenvalue weighted by Gasteiger charge is 2.56. The topological polar surface area (TPSA) is 153 Å². The molecule has 10 atom stereocenters. The minimum atomic E-state index is -1.36. The molecule has 2 saturated heterocycles. The summed E-state index contributed by atoms with van der Waals surface area (Å²) in [4.78, 5) is 39.2. The summed E-state index contributed by atoms with van der Waals surface area (Å²) in [6, 6.07) is 9.64. The molecule has 2 fully saturated rings. The van der Waals surface area contributed by atoms with E-state index in [0.717, 1.165) is 69.8 Å². The predicted octanol–water partition coefficient (Wildman–Crippen LogP) is 24.6. The average molecular weight is 1460 g/mol. The molecule has 1 aromatic rings. The zero-order valence-corrected chi connectivity index (χ0v) is 67.9. The summed E-state index contributed by atoms with van der Waals surface area (Å²) in [5.41, 5.74) is 0.846. The lowest BCUT2D eigenvalue weighted by Gasteiger charge is -2.49. The summed E-state index contributed by atoms with van der Waals surface area (Å²) < 4.78 is 74.3. The van der Waals surface area contributed by atoms with Crippen LogP contribution in [0.2, 0.25) is 0 Å². The number of benzene rings is 1. The van der Waals surface area contributed by atoms with Gasteiger partial charge in [-0.25, -0.2) is 0 Å². The van der Waals surface area contributed by atoms with E-state index in [9.17, 15) is 14.4 Å². The molecule has 1 unspecified atom stereocenters. The van der Waals surface area contributed by atoms with Gasteiger partial charge in [-0.1, -0.05) is 392 Å². The van der Waals surface area contributed by atoms with Gasteiger partial charge in [0, 0.05) is 47.2 Å². The van der Waals surface area contributed by atoms with E-state index in [1.807, 2.05) is 30.3 Å². The molecule has 0 bridgehead atoms. The molecule has 103 heavy (non-hydrogen) atoms. The molecule has 2 heterocycles. The van der Waals surface area contributed by atoms with Crippen LogP contribution in [0.5, 0.6) is 0 Å². The fraction of sp³-hybridized carbons (Fsp3) is 0.899. The second-order valence-electron chi connectivity index (χ2n) is 30.9. The highest BCUT2D eigenvalue weighted by atomic mass is 16.8. The van der Waals surface area contributed by atoms with Crippen molar-refractivity contribution in [3.8, 4) is 0 Å². The smallest absolute Gasteiger partial charge is 0.303 e. The van der Waals surface area contributed by atoms with Crippen LogP contribution in [0.4, 0.5) is 0 Å². The fourth-order valence-electron chi connectivity index (χ4n) is 14.9. The predicted molar refractivity (Wildman–Crippen MR) is 422 cm³/mol. The zero-order valence-electron chi connectivity index (χ0n) is 67.9. The molecular formula is C89H162O14. The lowest BCUT2D eigenvalue weighted by molar-refractivity contribution is -0.369. The number of ether oxygens (including phenoxy) is 11. The molecule has 1 aromatic carbocycles. The van der Waals surface area contributed by atoms with Crippen LogP contribution < -0.4 is 0 Å². The van der Waals surface area contributed by atoms with Gasteiger partial charge in [-0.05, 0) is 31.2 Å². The largest absolute Gasteiger partial charge is 0.463 e. The van der Waals surface area contributed by atoms with Crippen molar-refractivity contribution in [1.29, 1.82) is 0 Å². The molecule has 0 aliphatic carbocycles. The first-order valence-electron chi connectivity index (χ1n) is 44.1. The molecule has 2 aliphatic rings. The summed E-state index contributed by atoms with van der Waals surface area (Å²) in [5.74, 6) is -1.76. The van der Waals surface area contributed by atoms with E-state index < -0.39 is 79.3 Å². The van der Waals surface area contributed by atoms with E-state index >= 15 is 0 Å². The van der Waals surface area contributed by atoms with Crippen molar-refractivity contribution in [1.82, 2.24) is 0 Å². The first-order valence-corrected chi connectivity index (χ1v) is 44.1. The molecule has 602 valence electrons. The van der Waals surface area contributed by atoms with Crippen molar-refractivity contribution >= 4 is 17.9 Å². The van der Waals surface area contributed by atoms with Gasteiger partial charge in [0.15, 0.2) is 24.8 Å². The second kappa shape index (κ2) is 68.6. The van der Waals surface area contributed by atoms with Gasteiger partial charge in [-0.3, -0.25) is 14.4 Å². The van der Waals surface area contributed by atoms with Crippen molar-refractivity contribution in [3.63, 3.8) is 0 Å². The Bertz CT molecular complexity index is 2030. The van der Waals surface area contributed by atoms with E-state index in [4.69, 9.17) is 52.1 Å². The number of hydrogen-bond acceptors (Lipinski definition) is 14. The van der Waals surface area contributed by atoms with E-state index in [0.29, 0.717) is 26.4 Å². The first kappa shape index (κ1) is 94.5. The van der Waals surface area contributed by atoms with Gasteiger partial charge in [0.2, 0.25) is 0 Å². The number of rotatable bonds is 74. The first-order chi connectivity index (χ1) is 50.6. The number of esters is 3. The molecule has 0 N–H and O–H groups in total. The van der Waals surface area contributed by atoms with Crippen LogP contribution in [0, 0.1) is 0 Å². The van der Waals surface area contributed by atoms with Crippen LogP contribution in [0.1, 0.15) is 414 Å². The SMILES string of the molecule is CCCCCCCCCCCCCCCCOC[C@H]1OC(OCCCCCCCCCCCCCCCC)[C@H](OCCCCCCCCCCCCCCCC)[C@@H](OCCCCCCCCCCCCCCCC)[C@@H]1O[C@@H]1O[C@H](COC(C)=O)[C@@H](OC(C)=O)[C@H](OCc2ccccc2)[C@H]1OC(C)=O. The quantitative estimate of drug-likeness (QED) is 0.0345. The van der Waals surface area contributed by atoms with Gasteiger partial charge in [-0.15, -0.1) is 0 Å². The minimum Gasteiger partial charge on any atom is -0.463 e. The number of carbonyl (C=O) groups excluding carboxylic acids is 3. The summed E-state index contributed by atoms with van der Waals surface area (Å²) >= 11 is 0. The van der Waals surface area contributed by atoms with Crippen LogP contribution in [-0.4, -0.2) is 119 Å². The van der Waals surface area contributed by atoms with Crippen LogP contribution >= 0.6 is 0 Å². The Morgan fingerprint density at radius 1 is 0.291 bits per heavy atom. The second-order valence-corrected chi connectivity index (χ2v) is 30.9. The van der Waals surface area contributed by atoms with Crippen LogP contribution in [0.25, 0.3) is 0 Å². The third-order valence-electron chi connectivity index (χ3n) is 21.1. The molecule has 3 rings (SSSR count). The van der Waals surface area contributed by atoms with Crippen molar-refractivity contribution < 1.29 is 66.5 Å². The Kier molecular flexibility index (Phi) is 62.9. The van der Waals surface area contributed by atoms with Crippen LogP contribution in [-0.2, 0) is 73.1 Å². The monoisotopic (exact) mass is 1460 g/mol. The maximum atomic E-state index is 13.5. The molecule has 0 saturated carbocycles. The van der Waals surface area contributed by atoms with E-state index in [1.54, 1.807) is 0 Å².